The maximum absolute atomic E-state index is 10.8. The summed E-state index contributed by atoms with van der Waals surface area (Å²) in [5.41, 5.74) is 7.67. The van der Waals surface area contributed by atoms with Crippen molar-refractivity contribution in [3.8, 4) is 5.75 Å². The Kier molecular flexibility index (Phi) is 3.93. The van der Waals surface area contributed by atoms with Crippen LogP contribution >= 0.6 is 0 Å². The van der Waals surface area contributed by atoms with Crippen molar-refractivity contribution in [1.82, 2.24) is 0 Å². The van der Waals surface area contributed by atoms with Crippen LogP contribution in [0.1, 0.15) is 30.9 Å². The third-order valence-electron chi connectivity index (χ3n) is 4.27. The molecule has 3 N–H and O–H groups in total. The van der Waals surface area contributed by atoms with Gasteiger partial charge in [-0.05, 0) is 55.0 Å². The van der Waals surface area contributed by atoms with Gasteiger partial charge in [-0.25, -0.2) is 0 Å². The second-order valence-electron chi connectivity index (χ2n) is 5.26. The van der Waals surface area contributed by atoms with Crippen LogP contribution in [-0.4, -0.2) is 24.4 Å². The number of hydrogen-bond acceptors (Lipinski definition) is 3. The van der Waals surface area contributed by atoms with Gasteiger partial charge in [0.2, 0.25) is 0 Å². The van der Waals surface area contributed by atoms with Gasteiger partial charge in [0.1, 0.15) is 5.75 Å². The third-order valence-corrected chi connectivity index (χ3v) is 4.27. The molecule has 2 unspecified atom stereocenters. The number of methoxy groups -OCH3 is 1. The molecule has 0 saturated carbocycles. The predicted molar refractivity (Wildman–Crippen MR) is 72.8 cm³/mol. The van der Waals surface area contributed by atoms with Crippen LogP contribution in [0.25, 0.3) is 0 Å². The Morgan fingerprint density at radius 3 is 2.83 bits per heavy atom. The smallest absolute Gasteiger partial charge is 0.119 e. The van der Waals surface area contributed by atoms with E-state index in [4.69, 9.17) is 10.5 Å². The van der Waals surface area contributed by atoms with Crippen LogP contribution in [0.2, 0.25) is 0 Å². The quantitative estimate of drug-likeness (QED) is 0.857. The largest absolute Gasteiger partial charge is 0.497 e. The van der Waals surface area contributed by atoms with Gasteiger partial charge >= 0.3 is 0 Å². The summed E-state index contributed by atoms with van der Waals surface area (Å²) in [5.74, 6) is 1.04. The molecule has 0 aliphatic heterocycles. The molecule has 0 amide bonds. The molecule has 3 heteroatoms. The first-order valence-electron chi connectivity index (χ1n) is 6.71. The Hall–Kier alpha value is -1.06. The highest BCUT2D eigenvalue weighted by molar-refractivity contribution is 5.38. The van der Waals surface area contributed by atoms with Gasteiger partial charge in [-0.3, -0.25) is 0 Å². The lowest BCUT2D eigenvalue weighted by atomic mass is 9.72. The van der Waals surface area contributed by atoms with Crippen LogP contribution in [0.5, 0.6) is 5.75 Å². The van der Waals surface area contributed by atoms with E-state index in [2.05, 4.69) is 13.0 Å². The van der Waals surface area contributed by atoms with Gasteiger partial charge in [-0.2, -0.15) is 0 Å². The van der Waals surface area contributed by atoms with E-state index >= 15 is 0 Å². The summed E-state index contributed by atoms with van der Waals surface area (Å²) in [4.78, 5) is 0. The van der Waals surface area contributed by atoms with Crippen LogP contribution < -0.4 is 10.5 Å². The molecule has 0 bridgehead atoms. The molecule has 100 valence electrons. The zero-order valence-electron chi connectivity index (χ0n) is 11.3. The van der Waals surface area contributed by atoms with Crippen molar-refractivity contribution in [2.45, 2.75) is 38.2 Å². The number of aryl methyl sites for hydroxylation is 1. The molecule has 1 aromatic carbocycles. The van der Waals surface area contributed by atoms with Gasteiger partial charge in [0.25, 0.3) is 0 Å². The van der Waals surface area contributed by atoms with Gasteiger partial charge in [-0.1, -0.05) is 13.0 Å². The number of hydrogen-bond donors (Lipinski definition) is 2. The van der Waals surface area contributed by atoms with E-state index in [9.17, 15) is 5.11 Å². The predicted octanol–water partition coefficient (Wildman–Crippen LogP) is 1.90. The monoisotopic (exact) mass is 249 g/mol. The fourth-order valence-corrected chi connectivity index (χ4v) is 3.02. The summed E-state index contributed by atoms with van der Waals surface area (Å²) >= 11 is 0. The minimum Gasteiger partial charge on any atom is -0.497 e. The molecule has 2 atom stereocenters. The molecule has 0 saturated heterocycles. The minimum absolute atomic E-state index is 0.178. The molecule has 2 rings (SSSR count). The Morgan fingerprint density at radius 2 is 2.22 bits per heavy atom. The lowest BCUT2D eigenvalue weighted by Gasteiger charge is -2.39. The zero-order valence-corrected chi connectivity index (χ0v) is 11.3. The number of nitrogens with two attached hydrogens (primary N) is 1. The Morgan fingerprint density at radius 1 is 1.44 bits per heavy atom. The van der Waals surface area contributed by atoms with Crippen molar-refractivity contribution < 1.29 is 9.84 Å². The van der Waals surface area contributed by atoms with Crippen LogP contribution in [0.3, 0.4) is 0 Å². The Balaban J connectivity index is 2.27. The number of ether oxygens (including phenoxy) is 1. The van der Waals surface area contributed by atoms with Crippen LogP contribution in [0.15, 0.2) is 18.2 Å². The molecule has 0 fully saturated rings. The second kappa shape index (κ2) is 5.29. The Labute approximate surface area is 109 Å². The summed E-state index contributed by atoms with van der Waals surface area (Å²) in [6.07, 6.45) is 3.34. The maximum Gasteiger partial charge on any atom is 0.119 e. The number of fused-ring (bicyclic) bond motifs is 1. The van der Waals surface area contributed by atoms with Gasteiger partial charge in [-0.15, -0.1) is 0 Å². The SMILES string of the molecule is CCC(CN)C1(O)CCc2ccc(OC)cc2C1. The fraction of sp³-hybridized carbons (Fsp3) is 0.600. The number of aliphatic hydroxyl groups is 1. The zero-order chi connectivity index (χ0) is 13.2. The van der Waals surface area contributed by atoms with Crippen molar-refractivity contribution in [3.05, 3.63) is 29.3 Å². The highest BCUT2D eigenvalue weighted by Gasteiger charge is 2.38. The van der Waals surface area contributed by atoms with Gasteiger partial charge < -0.3 is 15.6 Å². The first kappa shape index (κ1) is 13.4. The molecule has 3 nitrogen and oxygen atoms in total. The summed E-state index contributed by atoms with van der Waals surface area (Å²) in [7, 11) is 1.67. The van der Waals surface area contributed by atoms with Crippen molar-refractivity contribution >= 4 is 0 Å². The van der Waals surface area contributed by atoms with E-state index in [1.165, 1.54) is 11.1 Å². The van der Waals surface area contributed by atoms with Crippen LogP contribution in [0.4, 0.5) is 0 Å². The van der Waals surface area contributed by atoms with Gasteiger partial charge in [0.05, 0.1) is 12.7 Å². The van der Waals surface area contributed by atoms with Crippen LogP contribution in [0, 0.1) is 5.92 Å². The highest BCUT2D eigenvalue weighted by Crippen LogP contribution is 2.36. The fourth-order valence-electron chi connectivity index (χ4n) is 3.02. The van der Waals surface area contributed by atoms with E-state index in [-0.39, 0.29) is 5.92 Å². The van der Waals surface area contributed by atoms with Crippen molar-refractivity contribution in [2.75, 3.05) is 13.7 Å². The molecular formula is C15H23NO2. The van der Waals surface area contributed by atoms with Crippen molar-refractivity contribution in [1.29, 1.82) is 0 Å². The molecule has 1 aliphatic rings. The maximum atomic E-state index is 10.8. The first-order valence-corrected chi connectivity index (χ1v) is 6.71. The summed E-state index contributed by atoms with van der Waals surface area (Å²) in [5, 5.41) is 10.8. The molecule has 0 spiro atoms. The number of benzene rings is 1. The first-order chi connectivity index (χ1) is 8.62. The molecular weight excluding hydrogens is 226 g/mol. The number of rotatable bonds is 4. The van der Waals surface area contributed by atoms with E-state index in [1.807, 2.05) is 12.1 Å². The normalized spacial score (nSPS) is 24.4. The van der Waals surface area contributed by atoms with Gasteiger partial charge in [0, 0.05) is 6.42 Å². The average Bonchev–Trinajstić information content (AvgIpc) is 2.39. The Bertz CT molecular complexity index is 415. The molecule has 1 aromatic rings. The molecule has 0 radical (unpaired) electrons. The summed E-state index contributed by atoms with van der Waals surface area (Å²) in [6, 6.07) is 6.14. The molecule has 0 heterocycles. The standard InChI is InChI=1S/C15H23NO2/c1-3-13(10-16)15(17)7-6-11-4-5-14(18-2)8-12(11)9-15/h4-5,8,13,17H,3,6-7,9-10,16H2,1-2H3. The van der Waals surface area contributed by atoms with Crippen LogP contribution in [-0.2, 0) is 12.8 Å². The van der Waals surface area contributed by atoms with Gasteiger partial charge in [0.15, 0.2) is 0 Å². The average molecular weight is 249 g/mol. The second-order valence-corrected chi connectivity index (χ2v) is 5.26. The highest BCUT2D eigenvalue weighted by atomic mass is 16.5. The van der Waals surface area contributed by atoms with E-state index in [0.717, 1.165) is 25.0 Å². The topological polar surface area (TPSA) is 55.5 Å². The summed E-state index contributed by atoms with van der Waals surface area (Å²) < 4.78 is 5.26. The van der Waals surface area contributed by atoms with E-state index < -0.39 is 5.60 Å². The molecule has 18 heavy (non-hydrogen) atoms. The van der Waals surface area contributed by atoms with Crippen molar-refractivity contribution in [2.24, 2.45) is 11.7 Å². The lowest BCUT2D eigenvalue weighted by Crippen LogP contribution is -2.46. The third kappa shape index (κ3) is 2.38. The molecule has 1 aliphatic carbocycles. The van der Waals surface area contributed by atoms with E-state index in [1.54, 1.807) is 7.11 Å². The molecule has 0 aromatic heterocycles. The summed E-state index contributed by atoms with van der Waals surface area (Å²) in [6.45, 7) is 2.64. The van der Waals surface area contributed by atoms with Crippen molar-refractivity contribution in [3.63, 3.8) is 0 Å². The lowest BCUT2D eigenvalue weighted by molar-refractivity contribution is -0.0288. The minimum atomic E-state index is -0.650. The van der Waals surface area contributed by atoms with E-state index in [0.29, 0.717) is 13.0 Å².